The number of nitrogens with zero attached hydrogens (tertiary/aromatic N) is 1. The SMILES string of the molecule is CCCN(CCC)C(=O)c1cc(C)cc(C(=O)OC(CNCc2cccc(-c3cc(C)c(C=O)s3)c2)C(N)Cc2cc(F)cc(F)c2)c1. The van der Waals surface area contributed by atoms with Crippen LogP contribution in [0.25, 0.3) is 10.4 Å². The van der Waals surface area contributed by atoms with E-state index in [4.69, 9.17) is 10.5 Å². The molecular weight excluding hydrogens is 632 g/mol. The second-order valence-electron chi connectivity index (χ2n) is 12.1. The summed E-state index contributed by atoms with van der Waals surface area (Å²) in [6.07, 6.45) is 1.67. The fourth-order valence-electron chi connectivity index (χ4n) is 5.63. The Labute approximate surface area is 285 Å². The highest BCUT2D eigenvalue weighted by molar-refractivity contribution is 7.17. The van der Waals surface area contributed by atoms with E-state index in [2.05, 4.69) is 5.32 Å². The van der Waals surface area contributed by atoms with Gasteiger partial charge in [-0.2, -0.15) is 0 Å². The van der Waals surface area contributed by atoms with E-state index in [1.807, 2.05) is 58.0 Å². The molecule has 0 saturated carbocycles. The minimum Gasteiger partial charge on any atom is -0.456 e. The van der Waals surface area contributed by atoms with Crippen molar-refractivity contribution in [2.24, 2.45) is 5.73 Å². The van der Waals surface area contributed by atoms with Gasteiger partial charge in [-0.3, -0.25) is 9.59 Å². The van der Waals surface area contributed by atoms with Crippen LogP contribution in [0.2, 0.25) is 0 Å². The van der Waals surface area contributed by atoms with E-state index in [0.29, 0.717) is 35.6 Å². The molecule has 3 aromatic carbocycles. The maximum absolute atomic E-state index is 14.0. The largest absolute Gasteiger partial charge is 0.456 e. The zero-order valence-electron chi connectivity index (χ0n) is 27.9. The molecule has 0 aliphatic rings. The molecule has 48 heavy (non-hydrogen) atoms. The van der Waals surface area contributed by atoms with Crippen LogP contribution in [0.15, 0.2) is 66.7 Å². The second-order valence-corrected chi connectivity index (χ2v) is 13.2. The van der Waals surface area contributed by atoms with E-state index in [1.54, 1.807) is 23.1 Å². The van der Waals surface area contributed by atoms with Crippen LogP contribution < -0.4 is 11.1 Å². The van der Waals surface area contributed by atoms with Gasteiger partial charge < -0.3 is 20.7 Å². The molecule has 10 heteroatoms. The number of esters is 1. The minimum absolute atomic E-state index is 0.0567. The molecule has 3 N–H and O–H groups in total. The molecule has 1 amide bonds. The van der Waals surface area contributed by atoms with E-state index in [0.717, 1.165) is 52.3 Å². The van der Waals surface area contributed by atoms with E-state index < -0.39 is 29.7 Å². The zero-order chi connectivity index (χ0) is 34.8. The molecule has 1 aromatic heterocycles. The standard InChI is InChI=1S/C38H43F2N3O4S/c1-5-10-43(11-6-2)37(45)29-12-24(3)13-30(19-29)38(46)47-34(33(41)18-27-16-31(39)20-32(40)17-27)22-42-21-26-8-7-9-28(15-26)35-14-25(4)36(23-44)48-35/h7-9,12-17,19-20,23,33-34,42H,5-6,10-11,18,21-22,41H2,1-4H3. The third-order valence-electron chi connectivity index (χ3n) is 7.91. The number of carbonyl (C=O) groups is 3. The highest BCUT2D eigenvalue weighted by Crippen LogP contribution is 2.31. The van der Waals surface area contributed by atoms with Gasteiger partial charge in [0.2, 0.25) is 0 Å². The number of ether oxygens (including phenoxy) is 1. The van der Waals surface area contributed by atoms with Gasteiger partial charge in [0, 0.05) is 48.7 Å². The highest BCUT2D eigenvalue weighted by atomic mass is 32.1. The molecule has 0 aliphatic heterocycles. The molecule has 7 nitrogen and oxygen atoms in total. The van der Waals surface area contributed by atoms with Gasteiger partial charge in [-0.1, -0.05) is 32.0 Å². The number of amides is 1. The third-order valence-corrected chi connectivity index (χ3v) is 9.12. The number of halogens is 2. The van der Waals surface area contributed by atoms with Crippen LogP contribution in [0.4, 0.5) is 8.78 Å². The van der Waals surface area contributed by atoms with Crippen LogP contribution in [0.3, 0.4) is 0 Å². The topological polar surface area (TPSA) is 102 Å². The number of aldehydes is 1. The lowest BCUT2D eigenvalue weighted by Crippen LogP contribution is -2.46. The maximum atomic E-state index is 14.0. The Bertz CT molecular complexity index is 1710. The summed E-state index contributed by atoms with van der Waals surface area (Å²) in [4.78, 5) is 41.7. The number of hydrogen-bond donors (Lipinski definition) is 2. The Morgan fingerprint density at radius 2 is 1.62 bits per heavy atom. The molecule has 0 radical (unpaired) electrons. The van der Waals surface area contributed by atoms with Gasteiger partial charge in [0.15, 0.2) is 6.29 Å². The number of nitrogens with two attached hydrogens (primary N) is 1. The molecule has 0 saturated heterocycles. The Kier molecular flexibility index (Phi) is 13.1. The van der Waals surface area contributed by atoms with Crippen LogP contribution >= 0.6 is 11.3 Å². The molecule has 0 bridgehead atoms. The summed E-state index contributed by atoms with van der Waals surface area (Å²) in [5.74, 6) is -2.25. The molecule has 2 atom stereocenters. The zero-order valence-corrected chi connectivity index (χ0v) is 28.7. The van der Waals surface area contributed by atoms with Crippen molar-refractivity contribution < 1.29 is 27.9 Å². The first-order valence-electron chi connectivity index (χ1n) is 16.2. The normalized spacial score (nSPS) is 12.4. The third kappa shape index (κ3) is 9.88. The summed E-state index contributed by atoms with van der Waals surface area (Å²) in [7, 11) is 0. The first-order valence-corrected chi connectivity index (χ1v) is 17.0. The second kappa shape index (κ2) is 17.2. The lowest BCUT2D eigenvalue weighted by molar-refractivity contribution is 0.0238. The summed E-state index contributed by atoms with van der Waals surface area (Å²) in [5.41, 5.74) is 11.1. The summed E-state index contributed by atoms with van der Waals surface area (Å²) in [6, 6.07) is 17.2. The number of aryl methyl sites for hydroxylation is 2. The number of thiophene rings is 1. The van der Waals surface area contributed by atoms with Gasteiger partial charge in [-0.05, 0) is 103 Å². The Morgan fingerprint density at radius 3 is 2.27 bits per heavy atom. The first-order chi connectivity index (χ1) is 23.0. The molecule has 0 fully saturated rings. The van der Waals surface area contributed by atoms with Crippen molar-refractivity contribution in [3.8, 4) is 10.4 Å². The highest BCUT2D eigenvalue weighted by Gasteiger charge is 2.25. The Hall–Kier alpha value is -4.25. The van der Waals surface area contributed by atoms with Gasteiger partial charge >= 0.3 is 5.97 Å². The van der Waals surface area contributed by atoms with Crippen LogP contribution in [-0.2, 0) is 17.7 Å². The fraction of sp³-hybridized carbons (Fsp3) is 0.342. The summed E-state index contributed by atoms with van der Waals surface area (Å²) >= 11 is 1.43. The fourth-order valence-corrected chi connectivity index (χ4v) is 6.61. The van der Waals surface area contributed by atoms with Crippen LogP contribution in [0.5, 0.6) is 0 Å². The molecule has 1 heterocycles. The van der Waals surface area contributed by atoms with Crippen molar-refractivity contribution in [3.05, 3.63) is 117 Å². The number of nitrogens with one attached hydrogen (secondary N) is 1. The van der Waals surface area contributed by atoms with Crippen molar-refractivity contribution in [1.82, 2.24) is 10.2 Å². The average Bonchev–Trinajstić information content (AvgIpc) is 3.43. The smallest absolute Gasteiger partial charge is 0.338 e. The van der Waals surface area contributed by atoms with Gasteiger partial charge in [-0.15, -0.1) is 11.3 Å². The average molecular weight is 676 g/mol. The van der Waals surface area contributed by atoms with Gasteiger partial charge in [0.25, 0.3) is 5.91 Å². The number of rotatable bonds is 16. The van der Waals surface area contributed by atoms with Gasteiger partial charge in [0.1, 0.15) is 17.7 Å². The van der Waals surface area contributed by atoms with Crippen LogP contribution in [-0.4, -0.2) is 54.8 Å². The number of benzene rings is 3. The number of hydrogen-bond acceptors (Lipinski definition) is 7. The molecule has 2 unspecified atom stereocenters. The predicted octanol–water partition coefficient (Wildman–Crippen LogP) is 7.27. The molecule has 4 aromatic rings. The first kappa shape index (κ1) is 36.6. The molecule has 0 spiro atoms. The van der Waals surface area contributed by atoms with Crippen molar-refractivity contribution in [1.29, 1.82) is 0 Å². The van der Waals surface area contributed by atoms with E-state index in [-0.39, 0.29) is 24.4 Å². The predicted molar refractivity (Wildman–Crippen MR) is 186 cm³/mol. The van der Waals surface area contributed by atoms with E-state index in [1.165, 1.54) is 23.5 Å². The minimum atomic E-state index is -0.876. The van der Waals surface area contributed by atoms with E-state index >= 15 is 0 Å². The van der Waals surface area contributed by atoms with Crippen LogP contribution in [0, 0.1) is 25.5 Å². The molecule has 254 valence electrons. The van der Waals surface area contributed by atoms with Gasteiger partial charge in [-0.25, -0.2) is 13.6 Å². The van der Waals surface area contributed by atoms with E-state index in [9.17, 15) is 23.2 Å². The van der Waals surface area contributed by atoms with Gasteiger partial charge in [0.05, 0.1) is 10.4 Å². The van der Waals surface area contributed by atoms with Crippen molar-refractivity contribution in [2.75, 3.05) is 19.6 Å². The van der Waals surface area contributed by atoms with Crippen molar-refractivity contribution in [2.45, 2.75) is 65.6 Å². The maximum Gasteiger partial charge on any atom is 0.338 e. The lowest BCUT2D eigenvalue weighted by Gasteiger charge is -2.25. The number of carbonyl (C=O) groups excluding carboxylic acids is 3. The Morgan fingerprint density at radius 1 is 0.938 bits per heavy atom. The Balaban J connectivity index is 1.53. The quantitative estimate of drug-likeness (QED) is 0.0957. The lowest BCUT2D eigenvalue weighted by atomic mass is 10.0. The van der Waals surface area contributed by atoms with Crippen molar-refractivity contribution >= 4 is 29.5 Å². The molecule has 4 rings (SSSR count). The van der Waals surface area contributed by atoms with Crippen LogP contribution in [0.1, 0.15) is 79.3 Å². The van der Waals surface area contributed by atoms with Crippen molar-refractivity contribution in [3.63, 3.8) is 0 Å². The summed E-state index contributed by atoms with van der Waals surface area (Å²) < 4.78 is 33.9. The molecule has 0 aliphatic carbocycles. The molecular formula is C38H43F2N3O4S. The monoisotopic (exact) mass is 675 g/mol. The summed E-state index contributed by atoms with van der Waals surface area (Å²) in [6.45, 7) is 9.53. The summed E-state index contributed by atoms with van der Waals surface area (Å²) in [5, 5.41) is 3.32.